The fourth-order valence-corrected chi connectivity index (χ4v) is 5.20. The van der Waals surface area contributed by atoms with Crippen LogP contribution in [0.2, 0.25) is 0 Å². The number of nitrogens with two attached hydrogens (primary N) is 2. The molecule has 4 N–H and O–H groups in total. The molecule has 9 heteroatoms. The Kier molecular flexibility index (Phi) is 5.76. The van der Waals surface area contributed by atoms with Gasteiger partial charge in [-0.15, -0.1) is 0 Å². The molecular weight excluding hydrogens is 460 g/mol. The Bertz CT molecular complexity index is 1670. The molecule has 0 spiro atoms. The number of primary sulfonamides is 1. The molecule has 5 aromatic rings. The largest absolute Gasteiger partial charge is 0.326 e. The zero-order chi connectivity index (χ0) is 24.7. The molecule has 0 aliphatic carbocycles. The van der Waals surface area contributed by atoms with Crippen LogP contribution in [0.5, 0.6) is 0 Å². The van der Waals surface area contributed by atoms with E-state index in [0.717, 1.165) is 45.1 Å². The van der Waals surface area contributed by atoms with Gasteiger partial charge in [0.15, 0.2) is 0 Å². The predicted molar refractivity (Wildman–Crippen MR) is 137 cm³/mol. The van der Waals surface area contributed by atoms with Crippen molar-refractivity contribution in [2.45, 2.75) is 31.8 Å². The summed E-state index contributed by atoms with van der Waals surface area (Å²) in [6.07, 6.45) is 0. The third-order valence-electron chi connectivity index (χ3n) is 6.06. The topological polar surface area (TPSA) is 122 Å². The molecule has 0 unspecified atom stereocenters. The summed E-state index contributed by atoms with van der Waals surface area (Å²) in [6, 6.07) is 22.6. The Morgan fingerprint density at radius 2 is 1.74 bits per heavy atom. The first-order valence-electron chi connectivity index (χ1n) is 11.2. The van der Waals surface area contributed by atoms with Crippen LogP contribution in [0, 0.1) is 13.8 Å². The fourth-order valence-electron chi connectivity index (χ4n) is 4.44. The summed E-state index contributed by atoms with van der Waals surface area (Å²) in [5.41, 5.74) is 12.8. The zero-order valence-electron chi connectivity index (χ0n) is 19.5. The molecule has 2 aromatic heterocycles. The highest BCUT2D eigenvalue weighted by atomic mass is 32.2. The summed E-state index contributed by atoms with van der Waals surface area (Å²) >= 11 is 0. The van der Waals surface area contributed by atoms with E-state index in [1.54, 1.807) is 18.2 Å². The number of nitrogens with zero attached hydrogens (tertiary/aromatic N) is 4. The van der Waals surface area contributed by atoms with Gasteiger partial charge >= 0.3 is 0 Å². The van der Waals surface area contributed by atoms with Gasteiger partial charge in [-0.2, -0.15) is 5.10 Å². The van der Waals surface area contributed by atoms with Gasteiger partial charge in [-0.25, -0.2) is 23.2 Å². The van der Waals surface area contributed by atoms with Crippen LogP contribution >= 0.6 is 0 Å². The van der Waals surface area contributed by atoms with E-state index in [-0.39, 0.29) is 4.90 Å². The van der Waals surface area contributed by atoms with Crippen LogP contribution in [0.1, 0.15) is 22.8 Å². The smallest absolute Gasteiger partial charge is 0.238 e. The van der Waals surface area contributed by atoms with Gasteiger partial charge in [-0.1, -0.05) is 36.4 Å². The van der Waals surface area contributed by atoms with Crippen molar-refractivity contribution in [2.24, 2.45) is 10.9 Å². The number of benzene rings is 3. The monoisotopic (exact) mass is 486 g/mol. The molecule has 3 aromatic carbocycles. The van der Waals surface area contributed by atoms with E-state index in [1.807, 2.05) is 61.0 Å². The van der Waals surface area contributed by atoms with E-state index in [0.29, 0.717) is 18.7 Å². The lowest BCUT2D eigenvalue weighted by molar-refractivity contribution is 0.598. The number of imidazole rings is 1. The summed E-state index contributed by atoms with van der Waals surface area (Å²) in [5.74, 6) is 0.845. The molecule has 0 amide bonds. The van der Waals surface area contributed by atoms with Gasteiger partial charge in [0.25, 0.3) is 0 Å². The summed E-state index contributed by atoms with van der Waals surface area (Å²) in [7, 11) is -3.86. The Balaban J connectivity index is 1.57. The van der Waals surface area contributed by atoms with Crippen molar-refractivity contribution in [1.82, 2.24) is 19.3 Å². The van der Waals surface area contributed by atoms with Gasteiger partial charge in [0.2, 0.25) is 10.0 Å². The van der Waals surface area contributed by atoms with E-state index in [1.165, 1.54) is 6.07 Å². The first-order chi connectivity index (χ1) is 16.7. The van der Waals surface area contributed by atoms with E-state index < -0.39 is 10.0 Å². The molecule has 0 fully saturated rings. The highest BCUT2D eigenvalue weighted by Crippen LogP contribution is 2.30. The normalized spacial score (nSPS) is 11.9. The number of fused-ring (bicyclic) bond motifs is 1. The predicted octanol–water partition coefficient (Wildman–Crippen LogP) is 3.66. The van der Waals surface area contributed by atoms with Crippen molar-refractivity contribution in [2.75, 3.05) is 0 Å². The summed E-state index contributed by atoms with van der Waals surface area (Å²) < 4.78 is 28.2. The van der Waals surface area contributed by atoms with E-state index >= 15 is 0 Å². The van der Waals surface area contributed by atoms with E-state index in [4.69, 9.17) is 21.0 Å². The van der Waals surface area contributed by atoms with Crippen LogP contribution in [-0.2, 0) is 23.1 Å². The quantitative estimate of drug-likeness (QED) is 0.379. The molecule has 178 valence electrons. The SMILES string of the molecule is Cc1cc(Cn2c(C)nc3cc(-c4ccccc4S(N)(=O)=O)ccc32)n(-c2cccc(CN)c2)n1. The standard InChI is InChI=1S/C26H26N6O2S/c1-17-12-22(32(30-17)21-7-5-6-19(13-21)15-27)16-31-18(2)29-24-14-20(10-11-25(24)31)23-8-3-4-9-26(23)35(28,33)34/h3-14H,15-16,27H2,1-2H3,(H2,28,33,34). The molecular formula is C26H26N6O2S. The van der Waals surface area contributed by atoms with Crippen LogP contribution in [0.15, 0.2) is 77.7 Å². The fraction of sp³-hybridized carbons (Fsp3) is 0.154. The average molecular weight is 487 g/mol. The number of aryl methyl sites for hydroxylation is 2. The molecule has 0 bridgehead atoms. The Morgan fingerprint density at radius 1 is 0.943 bits per heavy atom. The van der Waals surface area contributed by atoms with Gasteiger partial charge in [-0.05, 0) is 61.4 Å². The number of aromatic nitrogens is 4. The third kappa shape index (κ3) is 4.37. The lowest BCUT2D eigenvalue weighted by Crippen LogP contribution is -2.13. The summed E-state index contributed by atoms with van der Waals surface area (Å²) in [5, 5.41) is 10.1. The maximum atomic E-state index is 12.1. The third-order valence-corrected chi connectivity index (χ3v) is 7.03. The molecule has 2 heterocycles. The van der Waals surface area contributed by atoms with E-state index in [2.05, 4.69) is 10.6 Å². The second kappa shape index (κ2) is 8.77. The summed E-state index contributed by atoms with van der Waals surface area (Å²) in [6.45, 7) is 4.97. The number of sulfonamides is 1. The maximum Gasteiger partial charge on any atom is 0.238 e. The van der Waals surface area contributed by atoms with Gasteiger partial charge in [0.05, 0.1) is 39.5 Å². The molecule has 0 aliphatic rings. The minimum atomic E-state index is -3.86. The van der Waals surface area contributed by atoms with Crippen LogP contribution in [0.25, 0.3) is 27.8 Å². The van der Waals surface area contributed by atoms with Gasteiger partial charge in [-0.3, -0.25) is 0 Å². The average Bonchev–Trinajstić information content (AvgIpc) is 3.37. The van der Waals surface area contributed by atoms with Crippen molar-refractivity contribution in [1.29, 1.82) is 0 Å². The first kappa shape index (κ1) is 23.0. The Hall–Kier alpha value is -3.79. The lowest BCUT2D eigenvalue weighted by atomic mass is 10.1. The van der Waals surface area contributed by atoms with Crippen molar-refractivity contribution in [3.63, 3.8) is 0 Å². The van der Waals surface area contributed by atoms with Crippen LogP contribution < -0.4 is 10.9 Å². The number of rotatable bonds is 6. The minimum Gasteiger partial charge on any atom is -0.326 e. The Morgan fingerprint density at radius 3 is 2.51 bits per heavy atom. The van der Waals surface area contributed by atoms with Crippen LogP contribution in [-0.4, -0.2) is 27.7 Å². The van der Waals surface area contributed by atoms with Crippen molar-refractivity contribution in [3.05, 3.63) is 95.6 Å². The minimum absolute atomic E-state index is 0.0922. The molecule has 5 rings (SSSR count). The zero-order valence-corrected chi connectivity index (χ0v) is 20.3. The molecule has 35 heavy (non-hydrogen) atoms. The van der Waals surface area contributed by atoms with Crippen LogP contribution in [0.4, 0.5) is 0 Å². The molecule has 0 saturated heterocycles. The highest BCUT2D eigenvalue weighted by Gasteiger charge is 2.17. The van der Waals surface area contributed by atoms with Crippen molar-refractivity contribution in [3.8, 4) is 16.8 Å². The van der Waals surface area contributed by atoms with Gasteiger partial charge in [0.1, 0.15) is 5.82 Å². The summed E-state index contributed by atoms with van der Waals surface area (Å²) in [4.78, 5) is 4.85. The first-order valence-corrected chi connectivity index (χ1v) is 12.7. The highest BCUT2D eigenvalue weighted by molar-refractivity contribution is 7.89. The molecule has 0 radical (unpaired) electrons. The van der Waals surface area contributed by atoms with Gasteiger partial charge < -0.3 is 10.3 Å². The molecule has 8 nitrogen and oxygen atoms in total. The van der Waals surface area contributed by atoms with Crippen molar-refractivity contribution < 1.29 is 8.42 Å². The van der Waals surface area contributed by atoms with E-state index in [9.17, 15) is 8.42 Å². The molecule has 0 aliphatic heterocycles. The van der Waals surface area contributed by atoms with Crippen LogP contribution in [0.3, 0.4) is 0 Å². The second-order valence-electron chi connectivity index (χ2n) is 8.55. The number of hydrogen-bond donors (Lipinski definition) is 2. The van der Waals surface area contributed by atoms with Crippen molar-refractivity contribution >= 4 is 21.1 Å². The molecule has 0 atom stereocenters. The Labute approximate surface area is 203 Å². The maximum absolute atomic E-state index is 12.1. The lowest BCUT2D eigenvalue weighted by Gasteiger charge is -2.12. The second-order valence-corrected chi connectivity index (χ2v) is 10.1. The molecule has 0 saturated carbocycles. The van der Waals surface area contributed by atoms with Gasteiger partial charge in [0, 0.05) is 12.1 Å². The number of hydrogen-bond acceptors (Lipinski definition) is 5.